The molecule has 2 aromatic rings. The lowest BCUT2D eigenvalue weighted by molar-refractivity contribution is 0.461. The minimum Gasteiger partial charge on any atom is -0.250 e. The Morgan fingerprint density at radius 3 is 2.55 bits per heavy atom. The minimum absolute atomic E-state index is 0.204. The van der Waals surface area contributed by atoms with Gasteiger partial charge in [-0.3, -0.25) is 0 Å². The van der Waals surface area contributed by atoms with Gasteiger partial charge in [0.1, 0.15) is 18.0 Å². The van der Waals surface area contributed by atoms with Crippen LogP contribution in [0.25, 0.3) is 0 Å². The molecule has 1 heterocycles. The van der Waals surface area contributed by atoms with E-state index in [9.17, 15) is 4.39 Å². The van der Waals surface area contributed by atoms with Crippen molar-refractivity contribution in [1.29, 1.82) is 0 Å². The van der Waals surface area contributed by atoms with Crippen molar-refractivity contribution in [2.24, 2.45) is 5.92 Å². The van der Waals surface area contributed by atoms with Crippen LogP contribution in [-0.2, 0) is 13.0 Å². The first kappa shape index (κ1) is 15.2. The second kappa shape index (κ2) is 6.97. The molecule has 2 rings (SSSR count). The second-order valence-electron chi connectivity index (χ2n) is 5.36. The maximum Gasteiger partial charge on any atom is 0.138 e. The molecule has 0 aliphatic rings. The predicted molar refractivity (Wildman–Crippen MR) is 81.5 cm³/mol. The maximum absolute atomic E-state index is 13.0. The number of nitrogens with zero attached hydrogens (tertiary/aromatic N) is 3. The van der Waals surface area contributed by atoms with E-state index in [-0.39, 0.29) is 11.7 Å². The highest BCUT2D eigenvalue weighted by molar-refractivity contribution is 9.09. The molecule has 108 valence electrons. The van der Waals surface area contributed by atoms with Gasteiger partial charge < -0.3 is 0 Å². The molecule has 1 unspecified atom stereocenters. The number of rotatable bonds is 6. The Morgan fingerprint density at radius 1 is 1.25 bits per heavy atom. The van der Waals surface area contributed by atoms with Gasteiger partial charge in [0.15, 0.2) is 0 Å². The van der Waals surface area contributed by atoms with E-state index >= 15 is 0 Å². The molecule has 0 amide bonds. The lowest BCUT2D eigenvalue weighted by Crippen LogP contribution is -2.14. The highest BCUT2D eigenvalue weighted by Crippen LogP contribution is 2.22. The molecule has 3 nitrogen and oxygen atoms in total. The van der Waals surface area contributed by atoms with E-state index in [4.69, 9.17) is 0 Å². The van der Waals surface area contributed by atoms with E-state index in [0.29, 0.717) is 5.92 Å². The molecular weight excluding hydrogens is 321 g/mol. The Morgan fingerprint density at radius 2 is 1.95 bits per heavy atom. The van der Waals surface area contributed by atoms with E-state index in [0.717, 1.165) is 29.7 Å². The highest BCUT2D eigenvalue weighted by atomic mass is 79.9. The second-order valence-corrected chi connectivity index (χ2v) is 6.01. The fraction of sp³-hybridized carbons (Fsp3) is 0.467. The van der Waals surface area contributed by atoms with Crippen LogP contribution in [0.15, 0.2) is 30.6 Å². The summed E-state index contributed by atoms with van der Waals surface area (Å²) >= 11 is 3.54. The van der Waals surface area contributed by atoms with Gasteiger partial charge in [-0.1, -0.05) is 41.9 Å². The van der Waals surface area contributed by atoms with Gasteiger partial charge >= 0.3 is 0 Å². The molecule has 0 aliphatic carbocycles. The van der Waals surface area contributed by atoms with Gasteiger partial charge in [-0.15, -0.1) is 0 Å². The number of hydrogen-bond donors (Lipinski definition) is 0. The molecule has 0 radical (unpaired) electrons. The van der Waals surface area contributed by atoms with Gasteiger partial charge in [0.2, 0.25) is 0 Å². The Labute approximate surface area is 127 Å². The van der Waals surface area contributed by atoms with Gasteiger partial charge in [-0.25, -0.2) is 14.1 Å². The van der Waals surface area contributed by atoms with E-state index in [1.807, 2.05) is 16.8 Å². The minimum atomic E-state index is -0.204. The summed E-state index contributed by atoms with van der Waals surface area (Å²) in [6.45, 7) is 5.19. The molecule has 1 aromatic heterocycles. The molecular formula is C15H19BrFN3. The third-order valence-corrected chi connectivity index (χ3v) is 3.97. The fourth-order valence-electron chi connectivity index (χ4n) is 2.16. The SMILES string of the molecule is CC(C)Cn1ncnc1CC(CBr)c1ccc(F)cc1. The van der Waals surface area contributed by atoms with Crippen molar-refractivity contribution < 1.29 is 4.39 Å². The molecule has 1 aromatic carbocycles. The summed E-state index contributed by atoms with van der Waals surface area (Å²) in [6.07, 6.45) is 2.40. The first-order valence-electron chi connectivity index (χ1n) is 6.78. The first-order valence-corrected chi connectivity index (χ1v) is 7.90. The van der Waals surface area contributed by atoms with E-state index in [1.54, 1.807) is 6.33 Å². The molecule has 0 spiro atoms. The third-order valence-electron chi connectivity index (χ3n) is 3.19. The van der Waals surface area contributed by atoms with Crippen LogP contribution in [0.4, 0.5) is 4.39 Å². The van der Waals surface area contributed by atoms with Crippen LogP contribution in [0, 0.1) is 11.7 Å². The van der Waals surface area contributed by atoms with Crippen LogP contribution >= 0.6 is 15.9 Å². The molecule has 20 heavy (non-hydrogen) atoms. The Kier molecular flexibility index (Phi) is 5.29. The molecule has 0 saturated heterocycles. The molecule has 1 atom stereocenters. The molecule has 0 aliphatic heterocycles. The summed E-state index contributed by atoms with van der Waals surface area (Å²) < 4.78 is 15.0. The topological polar surface area (TPSA) is 30.7 Å². The van der Waals surface area contributed by atoms with Gasteiger partial charge in [0, 0.05) is 24.2 Å². The summed E-state index contributed by atoms with van der Waals surface area (Å²) in [5.41, 5.74) is 1.11. The van der Waals surface area contributed by atoms with Gasteiger partial charge in [-0.2, -0.15) is 5.10 Å². The number of hydrogen-bond acceptors (Lipinski definition) is 2. The van der Waals surface area contributed by atoms with Crippen LogP contribution in [0.2, 0.25) is 0 Å². The van der Waals surface area contributed by atoms with Gasteiger partial charge in [-0.05, 0) is 23.6 Å². The van der Waals surface area contributed by atoms with Gasteiger partial charge in [0.05, 0.1) is 0 Å². The predicted octanol–water partition coefficient (Wildman–Crippen LogP) is 3.79. The van der Waals surface area contributed by atoms with Crippen LogP contribution in [0.3, 0.4) is 0 Å². The van der Waals surface area contributed by atoms with Crippen molar-refractivity contribution >= 4 is 15.9 Å². The largest absolute Gasteiger partial charge is 0.250 e. The van der Waals surface area contributed by atoms with Crippen molar-refractivity contribution in [3.63, 3.8) is 0 Å². The van der Waals surface area contributed by atoms with Crippen LogP contribution in [-0.4, -0.2) is 20.1 Å². The van der Waals surface area contributed by atoms with Gasteiger partial charge in [0.25, 0.3) is 0 Å². The Bertz CT molecular complexity index is 536. The third kappa shape index (κ3) is 3.88. The molecule has 5 heteroatoms. The molecule has 0 saturated carbocycles. The van der Waals surface area contributed by atoms with Crippen LogP contribution < -0.4 is 0 Å². The first-order chi connectivity index (χ1) is 9.60. The fourth-order valence-corrected chi connectivity index (χ4v) is 2.76. The average Bonchev–Trinajstić information content (AvgIpc) is 2.83. The number of halogens is 2. The van der Waals surface area contributed by atoms with Crippen molar-refractivity contribution in [2.45, 2.75) is 32.7 Å². The number of benzene rings is 1. The Hall–Kier alpha value is -1.23. The lowest BCUT2D eigenvalue weighted by atomic mass is 9.97. The van der Waals surface area contributed by atoms with E-state index in [1.165, 1.54) is 12.1 Å². The zero-order valence-electron chi connectivity index (χ0n) is 11.8. The van der Waals surface area contributed by atoms with Crippen molar-refractivity contribution in [1.82, 2.24) is 14.8 Å². The normalized spacial score (nSPS) is 12.8. The van der Waals surface area contributed by atoms with Crippen molar-refractivity contribution in [2.75, 3.05) is 5.33 Å². The summed E-state index contributed by atoms with van der Waals surface area (Å²) in [6, 6.07) is 6.68. The van der Waals surface area contributed by atoms with Crippen LogP contribution in [0.5, 0.6) is 0 Å². The highest BCUT2D eigenvalue weighted by Gasteiger charge is 2.15. The quantitative estimate of drug-likeness (QED) is 0.749. The molecule has 0 bridgehead atoms. The van der Waals surface area contributed by atoms with Crippen molar-refractivity contribution in [3.8, 4) is 0 Å². The standard InChI is InChI=1S/C15H19BrFN3/c1-11(2)9-20-15(18-10-19-20)7-13(8-16)12-3-5-14(17)6-4-12/h3-6,10-11,13H,7-9H2,1-2H3. The maximum atomic E-state index is 13.0. The number of aromatic nitrogens is 3. The number of alkyl halides is 1. The zero-order valence-corrected chi connectivity index (χ0v) is 13.3. The summed E-state index contributed by atoms with van der Waals surface area (Å²) in [5, 5.41) is 5.09. The zero-order chi connectivity index (χ0) is 14.5. The Balaban J connectivity index is 2.14. The van der Waals surface area contributed by atoms with Crippen LogP contribution in [0.1, 0.15) is 31.2 Å². The average molecular weight is 340 g/mol. The smallest absolute Gasteiger partial charge is 0.138 e. The monoisotopic (exact) mass is 339 g/mol. The summed E-state index contributed by atoms with van der Waals surface area (Å²) in [7, 11) is 0. The molecule has 0 N–H and O–H groups in total. The van der Waals surface area contributed by atoms with E-state index in [2.05, 4.69) is 39.9 Å². The lowest BCUT2D eigenvalue weighted by Gasteiger charge is -2.15. The van der Waals surface area contributed by atoms with Crippen molar-refractivity contribution in [3.05, 3.63) is 47.8 Å². The molecule has 0 fully saturated rings. The summed E-state index contributed by atoms with van der Waals surface area (Å²) in [5.74, 6) is 1.58. The summed E-state index contributed by atoms with van der Waals surface area (Å²) in [4.78, 5) is 4.36. The van der Waals surface area contributed by atoms with E-state index < -0.39 is 0 Å².